The molecule has 0 radical (unpaired) electrons. The Morgan fingerprint density at radius 3 is 1.79 bits per heavy atom. The monoisotopic (exact) mass is 491 g/mol. The fourth-order valence-corrected chi connectivity index (χ4v) is 4.38. The van der Waals surface area contributed by atoms with Crippen LogP contribution in [0.25, 0.3) is 0 Å². The van der Waals surface area contributed by atoms with Crippen molar-refractivity contribution in [1.82, 2.24) is 4.90 Å². The number of likely N-dealkylation sites (N-methyl/N-ethyl adjacent to an activating group) is 1. The largest absolute Gasteiger partial charge is 0.381 e. The Bertz CT molecular complexity index is 425. The highest BCUT2D eigenvalue weighted by Crippen LogP contribution is 2.33. The molecule has 0 aromatic heterocycles. The number of carbonyl (C=O) groups is 1. The minimum Gasteiger partial charge on any atom is -0.381 e. The van der Waals surface area contributed by atoms with Crippen LogP contribution >= 0.6 is 8.60 Å². The van der Waals surface area contributed by atoms with E-state index < -0.39 is 8.60 Å². The quantitative estimate of drug-likeness (QED) is 0.105. The van der Waals surface area contributed by atoms with Crippen molar-refractivity contribution in [2.24, 2.45) is 5.92 Å². The minimum atomic E-state index is -1.90. The average Bonchev–Trinajstić information content (AvgIpc) is 2.76. The third-order valence-electron chi connectivity index (χ3n) is 5.73. The second-order valence-electron chi connectivity index (χ2n) is 9.61. The summed E-state index contributed by atoms with van der Waals surface area (Å²) in [6.07, 6.45) is 19.2. The van der Waals surface area contributed by atoms with Gasteiger partial charge in [-0.25, -0.2) is 0 Å². The van der Waals surface area contributed by atoms with Crippen molar-refractivity contribution >= 4 is 14.4 Å². The first-order valence-corrected chi connectivity index (χ1v) is 14.6. The van der Waals surface area contributed by atoms with Crippen molar-refractivity contribution in [3.8, 4) is 0 Å². The molecule has 7 heteroatoms. The number of nitrogens with zero attached hydrogens (tertiary/aromatic N) is 1. The molecular weight excluding hydrogens is 437 g/mol. The molecule has 0 aliphatic carbocycles. The van der Waals surface area contributed by atoms with Crippen LogP contribution in [0, 0.1) is 5.92 Å². The van der Waals surface area contributed by atoms with Crippen LogP contribution in [-0.4, -0.2) is 62.6 Å². The molecule has 1 N–H and O–H groups in total. The van der Waals surface area contributed by atoms with Crippen LogP contribution in [0.15, 0.2) is 0 Å². The van der Waals surface area contributed by atoms with Gasteiger partial charge in [0.15, 0.2) is 0 Å². The number of rotatable bonds is 26. The molecule has 0 aliphatic heterocycles. The zero-order valence-corrected chi connectivity index (χ0v) is 23.1. The molecule has 0 spiro atoms. The Labute approximate surface area is 206 Å². The maximum absolute atomic E-state index is 11.5. The van der Waals surface area contributed by atoms with Gasteiger partial charge in [0.1, 0.15) is 5.78 Å². The lowest BCUT2D eigenvalue weighted by Crippen LogP contribution is -2.20. The van der Waals surface area contributed by atoms with Gasteiger partial charge in [-0.1, -0.05) is 90.4 Å². The molecule has 0 aromatic carbocycles. The molecule has 0 aromatic rings. The molecule has 0 amide bonds. The Morgan fingerprint density at radius 1 is 0.788 bits per heavy atom. The zero-order chi connectivity index (χ0) is 24.6. The summed E-state index contributed by atoms with van der Waals surface area (Å²) in [5.41, 5.74) is 0. The summed E-state index contributed by atoms with van der Waals surface area (Å²) in [5.74, 6) is 0.0724. The predicted octanol–water partition coefficient (Wildman–Crippen LogP) is 6.89. The van der Waals surface area contributed by atoms with Crippen LogP contribution in [0.4, 0.5) is 0 Å². The number of hydrogen-bond donors (Lipinski definition) is 1. The number of Topliss-reactive ketones (excluding diaryl/α,β-unsaturated/α-hetero) is 1. The van der Waals surface area contributed by atoms with Crippen LogP contribution in [0.5, 0.6) is 0 Å². The summed E-state index contributed by atoms with van der Waals surface area (Å²) in [6, 6.07) is 0. The molecule has 0 saturated heterocycles. The second-order valence-corrected chi connectivity index (χ2v) is 10.6. The molecule has 0 rings (SSSR count). The van der Waals surface area contributed by atoms with Crippen molar-refractivity contribution in [3.63, 3.8) is 0 Å². The van der Waals surface area contributed by atoms with Crippen LogP contribution in [-0.2, 0) is 18.6 Å². The molecule has 0 aliphatic rings. The van der Waals surface area contributed by atoms with Gasteiger partial charge in [0.05, 0.1) is 19.8 Å². The summed E-state index contributed by atoms with van der Waals surface area (Å²) >= 11 is 0. The first-order valence-electron chi connectivity index (χ1n) is 13.4. The predicted molar refractivity (Wildman–Crippen MR) is 140 cm³/mol. The highest BCUT2D eigenvalue weighted by molar-refractivity contribution is 7.40. The van der Waals surface area contributed by atoms with Gasteiger partial charge in [0, 0.05) is 25.5 Å². The molecule has 33 heavy (non-hydrogen) atoms. The summed E-state index contributed by atoms with van der Waals surface area (Å²) < 4.78 is 16.5. The van der Waals surface area contributed by atoms with Gasteiger partial charge in [-0.15, -0.1) is 0 Å². The first-order chi connectivity index (χ1) is 16.0. The summed E-state index contributed by atoms with van der Waals surface area (Å²) in [4.78, 5) is 23.3. The van der Waals surface area contributed by atoms with Crippen LogP contribution in [0.2, 0.25) is 0 Å². The third kappa shape index (κ3) is 26.3. The number of ketones is 1. The number of ether oxygens (including phenoxy) is 1. The highest BCUT2D eigenvalue weighted by atomic mass is 31.2. The van der Waals surface area contributed by atoms with Gasteiger partial charge in [-0.3, -0.25) is 0 Å². The molecule has 0 saturated carbocycles. The molecule has 0 bridgehead atoms. The lowest BCUT2D eigenvalue weighted by molar-refractivity contribution is -0.118. The van der Waals surface area contributed by atoms with Gasteiger partial charge in [-0.2, -0.15) is 0 Å². The van der Waals surface area contributed by atoms with E-state index in [1.54, 1.807) is 6.92 Å². The first kappa shape index (κ1) is 32.9. The average molecular weight is 492 g/mol. The Morgan fingerprint density at radius 2 is 1.30 bits per heavy atom. The number of carbonyl (C=O) groups excluding carboxylic acids is 1. The fourth-order valence-electron chi connectivity index (χ4n) is 3.73. The maximum Gasteiger partial charge on any atom is 0.329 e. The lowest BCUT2D eigenvalue weighted by atomic mass is 10.0. The SMILES string of the molecule is CCCCCCCCCCCCCCCCOCC(COP(O)OCCN(C)C)CC(C)=O. The van der Waals surface area contributed by atoms with Crippen LogP contribution in [0.3, 0.4) is 0 Å². The van der Waals surface area contributed by atoms with Gasteiger partial charge < -0.3 is 28.4 Å². The topological polar surface area (TPSA) is 68.2 Å². The van der Waals surface area contributed by atoms with Crippen molar-refractivity contribution in [2.45, 2.75) is 110 Å². The molecule has 198 valence electrons. The van der Waals surface area contributed by atoms with E-state index in [0.29, 0.717) is 19.6 Å². The van der Waals surface area contributed by atoms with E-state index in [-0.39, 0.29) is 18.3 Å². The smallest absolute Gasteiger partial charge is 0.329 e. The molecular formula is C26H54NO5P. The Hall–Kier alpha value is -0.100. The molecule has 0 fully saturated rings. The van der Waals surface area contributed by atoms with E-state index >= 15 is 0 Å². The molecule has 2 atom stereocenters. The van der Waals surface area contributed by atoms with E-state index in [1.807, 2.05) is 19.0 Å². The van der Waals surface area contributed by atoms with E-state index in [1.165, 1.54) is 83.5 Å². The highest BCUT2D eigenvalue weighted by Gasteiger charge is 2.16. The zero-order valence-electron chi connectivity index (χ0n) is 22.2. The summed E-state index contributed by atoms with van der Waals surface area (Å²) in [6.45, 7) is 6.48. The second kappa shape index (κ2) is 25.0. The molecule has 0 heterocycles. The van der Waals surface area contributed by atoms with Gasteiger partial charge in [0.2, 0.25) is 0 Å². The Kier molecular flexibility index (Phi) is 24.9. The maximum atomic E-state index is 11.5. The van der Waals surface area contributed by atoms with Crippen molar-refractivity contribution < 1.29 is 23.5 Å². The van der Waals surface area contributed by atoms with Crippen molar-refractivity contribution in [3.05, 3.63) is 0 Å². The van der Waals surface area contributed by atoms with Crippen molar-refractivity contribution in [1.29, 1.82) is 0 Å². The van der Waals surface area contributed by atoms with Gasteiger partial charge >= 0.3 is 8.60 Å². The Balaban J connectivity index is 3.58. The number of hydrogen-bond acceptors (Lipinski definition) is 6. The van der Waals surface area contributed by atoms with E-state index in [2.05, 4.69) is 6.92 Å². The van der Waals surface area contributed by atoms with E-state index in [0.717, 1.165) is 19.6 Å². The van der Waals surface area contributed by atoms with E-state index in [4.69, 9.17) is 13.8 Å². The van der Waals surface area contributed by atoms with Crippen LogP contribution < -0.4 is 0 Å². The molecule has 6 nitrogen and oxygen atoms in total. The van der Waals surface area contributed by atoms with E-state index in [9.17, 15) is 9.69 Å². The molecule has 2 unspecified atom stereocenters. The summed E-state index contributed by atoms with van der Waals surface area (Å²) in [7, 11) is 1.99. The summed E-state index contributed by atoms with van der Waals surface area (Å²) in [5, 5.41) is 0. The minimum absolute atomic E-state index is 0.0382. The number of unbranched alkanes of at least 4 members (excludes halogenated alkanes) is 13. The fraction of sp³-hybridized carbons (Fsp3) is 0.962. The standard InChI is InChI=1S/C26H54NO5P/c1-5-6-7-8-9-10-11-12-13-14-15-16-17-18-20-30-23-26(22-25(2)28)24-32-33(29)31-21-19-27(3)4/h26,29H,5-24H2,1-4H3. The normalized spacial score (nSPS) is 13.5. The third-order valence-corrected chi connectivity index (χ3v) is 6.51. The lowest BCUT2D eigenvalue weighted by Gasteiger charge is -2.18. The van der Waals surface area contributed by atoms with Gasteiger partial charge in [0.25, 0.3) is 0 Å². The van der Waals surface area contributed by atoms with Crippen LogP contribution in [0.1, 0.15) is 110 Å². The van der Waals surface area contributed by atoms with Crippen molar-refractivity contribution in [2.75, 3.05) is 47.1 Å². The van der Waals surface area contributed by atoms with Gasteiger partial charge in [-0.05, 0) is 27.4 Å².